The lowest BCUT2D eigenvalue weighted by Crippen LogP contribution is -2.48. The van der Waals surface area contributed by atoms with Gasteiger partial charge < -0.3 is 19.1 Å². The molecule has 5 rings (SSSR count). The summed E-state index contributed by atoms with van der Waals surface area (Å²) in [6.45, 7) is 22.9. The van der Waals surface area contributed by atoms with Crippen LogP contribution < -0.4 is 4.74 Å². The van der Waals surface area contributed by atoms with Gasteiger partial charge >= 0.3 is 11.9 Å². The number of unbranched alkanes of at least 4 members (excludes halogenated alkanes) is 1. The molecule has 8 nitrogen and oxygen atoms in total. The first-order valence-corrected chi connectivity index (χ1v) is 24.7. The van der Waals surface area contributed by atoms with Gasteiger partial charge in [-0.05, 0) is 70.5 Å². The highest BCUT2D eigenvalue weighted by atomic mass is 28.3. The largest absolute Gasteiger partial charge is 0.461 e. The second-order valence-electron chi connectivity index (χ2n) is 19.3. The molecule has 0 bridgehead atoms. The highest BCUT2D eigenvalue weighted by Gasteiger charge is 2.51. The van der Waals surface area contributed by atoms with E-state index in [1.807, 2.05) is 42.5 Å². The SMILES string of the molecule is CCCCC1CC(C(c2ccccc2)(c2ccc(OC(=O)CCCC(=O)OCc3ccc(C(C4=NOC(C[Si](C)(C)C)C4)C(C)(C)C)cc3)cc2)C(C)(C)C)=NO1. The van der Waals surface area contributed by atoms with Crippen molar-refractivity contribution in [3.05, 3.63) is 101 Å². The van der Waals surface area contributed by atoms with E-state index in [0.717, 1.165) is 66.3 Å². The summed E-state index contributed by atoms with van der Waals surface area (Å²) in [5.41, 5.74) is 5.59. The predicted octanol–water partition coefficient (Wildman–Crippen LogP) is 11.8. The van der Waals surface area contributed by atoms with E-state index in [0.29, 0.717) is 12.2 Å². The zero-order valence-corrected chi connectivity index (χ0v) is 37.2. The van der Waals surface area contributed by atoms with Crippen molar-refractivity contribution in [2.24, 2.45) is 21.1 Å². The molecule has 3 aromatic carbocycles. The van der Waals surface area contributed by atoms with Gasteiger partial charge in [-0.1, -0.05) is 152 Å². The van der Waals surface area contributed by atoms with Gasteiger partial charge in [0.25, 0.3) is 0 Å². The number of carbonyl (C=O) groups excluding carboxylic acids is 2. The van der Waals surface area contributed by atoms with E-state index < -0.39 is 13.5 Å². The van der Waals surface area contributed by atoms with E-state index in [-0.39, 0.29) is 60.3 Å². The maximum absolute atomic E-state index is 12.9. The van der Waals surface area contributed by atoms with Gasteiger partial charge in [-0.2, -0.15) is 0 Å². The Kier molecular flexibility index (Phi) is 14.3. The van der Waals surface area contributed by atoms with Crippen molar-refractivity contribution in [2.75, 3.05) is 0 Å². The first-order chi connectivity index (χ1) is 26.9. The molecule has 9 heteroatoms. The number of oxime groups is 2. The molecule has 0 saturated heterocycles. The van der Waals surface area contributed by atoms with Crippen LogP contribution in [0.25, 0.3) is 0 Å². The molecule has 4 atom stereocenters. The van der Waals surface area contributed by atoms with E-state index in [1.54, 1.807) is 0 Å². The first kappa shape index (κ1) is 43.9. The number of benzene rings is 3. The number of hydrogen-bond acceptors (Lipinski definition) is 8. The number of nitrogens with zero attached hydrogens (tertiary/aromatic N) is 2. The molecule has 57 heavy (non-hydrogen) atoms. The van der Waals surface area contributed by atoms with Crippen molar-refractivity contribution in [3.8, 4) is 5.75 Å². The zero-order chi connectivity index (χ0) is 41.4. The third-order valence-electron chi connectivity index (χ3n) is 11.2. The van der Waals surface area contributed by atoms with Crippen molar-refractivity contribution in [1.82, 2.24) is 0 Å². The van der Waals surface area contributed by atoms with Crippen molar-refractivity contribution in [1.29, 1.82) is 0 Å². The number of esters is 2. The highest BCUT2D eigenvalue weighted by molar-refractivity contribution is 6.76. The second kappa shape index (κ2) is 18.6. The van der Waals surface area contributed by atoms with Crippen LogP contribution in [0.15, 0.2) is 89.2 Å². The Balaban J connectivity index is 1.13. The van der Waals surface area contributed by atoms with Crippen LogP contribution >= 0.6 is 0 Å². The fourth-order valence-electron chi connectivity index (χ4n) is 8.70. The van der Waals surface area contributed by atoms with Crippen LogP contribution in [0.3, 0.4) is 0 Å². The molecule has 0 N–H and O–H groups in total. The van der Waals surface area contributed by atoms with Gasteiger partial charge in [0.2, 0.25) is 0 Å². The van der Waals surface area contributed by atoms with E-state index in [4.69, 9.17) is 24.3 Å². The Morgan fingerprint density at radius 2 is 1.40 bits per heavy atom. The smallest absolute Gasteiger partial charge is 0.311 e. The molecule has 0 radical (unpaired) electrons. The lowest BCUT2D eigenvalue weighted by Gasteiger charge is -2.46. The molecule has 3 aromatic rings. The minimum absolute atomic E-state index is 0.0339. The van der Waals surface area contributed by atoms with E-state index in [9.17, 15) is 9.59 Å². The van der Waals surface area contributed by atoms with E-state index >= 15 is 0 Å². The maximum atomic E-state index is 12.9. The minimum atomic E-state index is -1.27. The van der Waals surface area contributed by atoms with Crippen LogP contribution in [0.2, 0.25) is 25.7 Å². The summed E-state index contributed by atoms with van der Waals surface area (Å²) in [4.78, 5) is 37.4. The second-order valence-corrected chi connectivity index (χ2v) is 24.8. The standard InChI is InChI=1S/C48H66N2O6Si/c1-11-12-19-39-31-42(50-55-39)48(47(5,6)7,36-17-14-13-15-18-36)37-26-28-38(29-27-37)54-44(52)21-16-20-43(51)53-32-34-22-24-35(25-23-34)45(46(2,3)4)41-30-40(56-49-41)33-57(8,9)10/h13-15,17-18,22-29,39-40,45H,11-12,16,19-21,30-33H2,1-10H3. The maximum Gasteiger partial charge on any atom is 0.311 e. The highest BCUT2D eigenvalue weighted by Crippen LogP contribution is 2.51. The van der Waals surface area contributed by atoms with Crippen LogP contribution in [0.4, 0.5) is 0 Å². The van der Waals surface area contributed by atoms with Gasteiger partial charge in [0.15, 0.2) is 0 Å². The third-order valence-corrected chi connectivity index (χ3v) is 12.8. The molecule has 0 aliphatic carbocycles. The summed E-state index contributed by atoms with van der Waals surface area (Å²) in [5.74, 6) is -0.135. The van der Waals surface area contributed by atoms with Crippen LogP contribution in [0.1, 0.15) is 128 Å². The predicted molar refractivity (Wildman–Crippen MR) is 233 cm³/mol. The van der Waals surface area contributed by atoms with Crippen molar-refractivity contribution < 1.29 is 28.7 Å². The zero-order valence-electron chi connectivity index (χ0n) is 36.2. The van der Waals surface area contributed by atoms with Gasteiger partial charge in [0.05, 0.1) is 16.8 Å². The quantitative estimate of drug-likeness (QED) is 0.0767. The Labute approximate surface area is 342 Å². The lowest BCUT2D eigenvalue weighted by molar-refractivity contribution is -0.145. The van der Waals surface area contributed by atoms with Gasteiger partial charge in [-0.15, -0.1) is 0 Å². The number of hydrogen-bond donors (Lipinski definition) is 0. The summed E-state index contributed by atoms with van der Waals surface area (Å²) < 4.78 is 11.3. The summed E-state index contributed by atoms with van der Waals surface area (Å²) >= 11 is 0. The average Bonchev–Trinajstić information content (AvgIpc) is 3.80. The molecule has 0 amide bonds. The Hall–Kier alpha value is -4.24. The number of carbonyl (C=O) groups is 2. The first-order valence-electron chi connectivity index (χ1n) is 21.0. The Morgan fingerprint density at radius 1 is 0.772 bits per heavy atom. The lowest BCUT2D eigenvalue weighted by atomic mass is 9.56. The van der Waals surface area contributed by atoms with E-state index in [1.165, 1.54) is 5.56 Å². The van der Waals surface area contributed by atoms with Gasteiger partial charge in [0.1, 0.15) is 24.6 Å². The third kappa shape index (κ3) is 11.2. The van der Waals surface area contributed by atoms with Gasteiger partial charge in [-0.3, -0.25) is 9.59 Å². The molecule has 2 aliphatic heterocycles. The molecule has 0 fully saturated rings. The molecule has 2 aliphatic rings. The van der Waals surface area contributed by atoms with Gasteiger partial charge in [-0.25, -0.2) is 0 Å². The molecule has 0 aromatic heterocycles. The molecule has 0 saturated carbocycles. The topological polar surface area (TPSA) is 95.8 Å². The van der Waals surface area contributed by atoms with Crippen molar-refractivity contribution in [3.63, 3.8) is 0 Å². The number of ether oxygens (including phenoxy) is 2. The average molecular weight is 795 g/mol. The normalized spacial score (nSPS) is 18.8. The fourth-order valence-corrected chi connectivity index (χ4v) is 10.3. The van der Waals surface area contributed by atoms with Gasteiger partial charge in [0, 0.05) is 39.7 Å². The monoisotopic (exact) mass is 794 g/mol. The molecular formula is C48H66N2O6Si. The fraction of sp³-hybridized carbons (Fsp3) is 0.542. The Morgan fingerprint density at radius 3 is 2.02 bits per heavy atom. The molecule has 2 heterocycles. The van der Waals surface area contributed by atoms with E-state index in [2.05, 4.69) is 110 Å². The molecule has 4 unspecified atom stereocenters. The molecule has 308 valence electrons. The van der Waals surface area contributed by atoms with Crippen LogP contribution in [-0.2, 0) is 36.0 Å². The van der Waals surface area contributed by atoms with Crippen LogP contribution in [-0.4, -0.2) is 43.6 Å². The summed E-state index contributed by atoms with van der Waals surface area (Å²) in [6, 6.07) is 27.6. The minimum Gasteiger partial charge on any atom is -0.461 e. The van der Waals surface area contributed by atoms with Crippen LogP contribution in [0.5, 0.6) is 5.75 Å². The van der Waals surface area contributed by atoms with Crippen molar-refractivity contribution in [2.45, 2.75) is 156 Å². The molecular weight excluding hydrogens is 729 g/mol. The summed E-state index contributed by atoms with van der Waals surface area (Å²) in [7, 11) is -1.27. The molecule has 0 spiro atoms. The van der Waals surface area contributed by atoms with Crippen LogP contribution in [0, 0.1) is 10.8 Å². The van der Waals surface area contributed by atoms with Crippen molar-refractivity contribution >= 4 is 31.4 Å². The summed E-state index contributed by atoms with van der Waals surface area (Å²) in [6.07, 6.45) is 5.64. The number of rotatable bonds is 17. The summed E-state index contributed by atoms with van der Waals surface area (Å²) in [5, 5.41) is 9.31. The Bertz CT molecular complexity index is 1850.